The molecular formula is C40H44F6N4O8S. The summed E-state index contributed by atoms with van der Waals surface area (Å²) in [5.74, 6) is -19.1. The summed E-state index contributed by atoms with van der Waals surface area (Å²) in [5.41, 5.74) is -3.71. The number of nitrogens with zero attached hydrogens (tertiary/aromatic N) is 2. The number of hydrogen-bond donors (Lipinski definition) is 2. The van der Waals surface area contributed by atoms with Crippen molar-refractivity contribution in [3.63, 3.8) is 0 Å². The standard InChI is InChI=1S/C40H44F6N4O8S/c1-22-31-30(25-12-8-9-13-26(25)47-22)38(41,42)20-36(58-31)18-27-32(52)48-37(34(54)49-59(55,56)35(2)14-15-35)17-24(37)11-7-5-3-4-6-10-23(33(53)50(27)21-36)16-29(51)57-28-19-39(43,44)40(28,45)46/h7-9,11-13,23-24,27-28H,3-6,10,14-21H2,1-2H3,(H,48,52)(H,49,54)/b11-7-/t23-,24-,27+,28?,36+,37-/m1/s1. The maximum atomic E-state index is 16.6. The first-order valence-electron chi connectivity index (χ1n) is 19.8. The summed E-state index contributed by atoms with van der Waals surface area (Å²) < 4.78 is 127. The summed E-state index contributed by atoms with van der Waals surface area (Å²) in [6.07, 6.45) is -0.235. The van der Waals surface area contributed by atoms with E-state index in [-0.39, 0.29) is 29.7 Å². The molecule has 1 aromatic carbocycles. The minimum Gasteiger partial charge on any atom is -0.483 e. The number of fused-ring (bicyclic) bond motifs is 5. The van der Waals surface area contributed by atoms with Crippen LogP contribution in [0.3, 0.4) is 0 Å². The Balaban J connectivity index is 1.14. The molecule has 6 aliphatic rings. The van der Waals surface area contributed by atoms with E-state index in [1.165, 1.54) is 19.9 Å². The van der Waals surface area contributed by atoms with Gasteiger partial charge in [-0.2, -0.15) is 17.6 Å². The number of esters is 1. The molecule has 19 heteroatoms. The third kappa shape index (κ3) is 7.01. The number of rotatable bonds is 6. The van der Waals surface area contributed by atoms with Crippen LogP contribution in [0.15, 0.2) is 36.4 Å². The van der Waals surface area contributed by atoms with Crippen LogP contribution in [0.5, 0.6) is 5.75 Å². The lowest BCUT2D eigenvalue weighted by Crippen LogP contribution is -2.63. The number of halogens is 6. The second-order valence-corrected chi connectivity index (χ2v) is 19.6. The van der Waals surface area contributed by atoms with Crippen molar-refractivity contribution >= 4 is 44.6 Å². The molecule has 3 aliphatic heterocycles. The summed E-state index contributed by atoms with van der Waals surface area (Å²) in [6.45, 7) is 2.35. The van der Waals surface area contributed by atoms with Gasteiger partial charge in [0.15, 0.2) is 11.9 Å². The van der Waals surface area contributed by atoms with E-state index in [4.69, 9.17) is 9.47 Å². The SMILES string of the molecule is Cc1nc2ccccc2c2c1O[C@@]1(C[C@H]3C(=O)N[C@]4(C(=O)NS(=O)(=O)C5(C)CC5)C[C@H]4/C=C\CCCCC[C@H](CC(=O)OC4CC(F)(F)C4(F)F)C(=O)N3C1)CC2(F)F. The van der Waals surface area contributed by atoms with Crippen LogP contribution in [0.4, 0.5) is 26.3 Å². The van der Waals surface area contributed by atoms with Gasteiger partial charge in [-0.1, -0.05) is 43.2 Å². The van der Waals surface area contributed by atoms with Crippen molar-refractivity contribution in [1.29, 1.82) is 0 Å². The highest BCUT2D eigenvalue weighted by Gasteiger charge is 2.74. The second-order valence-electron chi connectivity index (χ2n) is 17.4. The predicted octanol–water partition coefficient (Wildman–Crippen LogP) is 5.74. The third-order valence-electron chi connectivity index (χ3n) is 13.0. The van der Waals surface area contributed by atoms with Crippen molar-refractivity contribution < 1.29 is 63.4 Å². The molecule has 4 heterocycles. The number of sulfonamides is 1. The molecule has 2 N–H and O–H groups in total. The Morgan fingerprint density at radius 3 is 2.46 bits per heavy atom. The molecule has 6 atom stereocenters. The molecule has 59 heavy (non-hydrogen) atoms. The number of allylic oxidation sites excluding steroid dienone is 1. The van der Waals surface area contributed by atoms with Crippen LogP contribution in [0, 0.1) is 18.8 Å². The van der Waals surface area contributed by atoms with Crippen molar-refractivity contribution in [2.45, 2.75) is 137 Å². The van der Waals surface area contributed by atoms with Gasteiger partial charge in [-0.15, -0.1) is 0 Å². The highest BCUT2D eigenvalue weighted by atomic mass is 32.2. The first-order valence-corrected chi connectivity index (χ1v) is 21.3. The van der Waals surface area contributed by atoms with Gasteiger partial charge >= 0.3 is 17.8 Å². The zero-order valence-corrected chi connectivity index (χ0v) is 33.1. The van der Waals surface area contributed by atoms with E-state index < -0.39 is 129 Å². The van der Waals surface area contributed by atoms with Gasteiger partial charge < -0.3 is 19.7 Å². The summed E-state index contributed by atoms with van der Waals surface area (Å²) in [7, 11) is -4.16. The summed E-state index contributed by atoms with van der Waals surface area (Å²) >= 11 is 0. The number of aromatic nitrogens is 1. The minimum atomic E-state index is -4.62. The Morgan fingerprint density at radius 2 is 1.76 bits per heavy atom. The zero-order chi connectivity index (χ0) is 42.6. The van der Waals surface area contributed by atoms with Crippen LogP contribution in [-0.2, 0) is 39.9 Å². The lowest BCUT2D eigenvalue weighted by Gasteiger charge is -2.42. The van der Waals surface area contributed by atoms with Crippen LogP contribution >= 0.6 is 0 Å². The number of pyridine rings is 1. The van der Waals surface area contributed by atoms with Gasteiger partial charge in [0.1, 0.15) is 17.2 Å². The average molecular weight is 855 g/mol. The van der Waals surface area contributed by atoms with Gasteiger partial charge in [-0.05, 0) is 58.4 Å². The molecule has 3 aliphatic carbocycles. The minimum absolute atomic E-state index is 0.00167. The number of amides is 3. The molecule has 1 unspecified atom stereocenters. The van der Waals surface area contributed by atoms with Gasteiger partial charge in [0.2, 0.25) is 21.8 Å². The van der Waals surface area contributed by atoms with Crippen LogP contribution in [0.2, 0.25) is 0 Å². The molecule has 3 saturated carbocycles. The average Bonchev–Trinajstić information content (AvgIpc) is 4.04. The summed E-state index contributed by atoms with van der Waals surface area (Å²) in [5, 5.41) is 2.81. The normalized spacial score (nSPS) is 33.4. The van der Waals surface area contributed by atoms with E-state index in [2.05, 4.69) is 15.0 Å². The van der Waals surface area contributed by atoms with E-state index in [1.54, 1.807) is 30.4 Å². The second kappa shape index (κ2) is 13.8. The molecule has 320 valence electrons. The predicted molar refractivity (Wildman–Crippen MR) is 197 cm³/mol. The van der Waals surface area contributed by atoms with Gasteiger partial charge in [-0.25, -0.2) is 22.2 Å². The van der Waals surface area contributed by atoms with Crippen molar-refractivity contribution in [3.05, 3.63) is 47.7 Å². The lowest BCUT2D eigenvalue weighted by molar-refractivity contribution is -0.333. The van der Waals surface area contributed by atoms with Gasteiger partial charge in [0.25, 0.3) is 11.8 Å². The fourth-order valence-corrected chi connectivity index (χ4v) is 10.3. The molecular weight excluding hydrogens is 811 g/mol. The molecule has 12 nitrogen and oxygen atoms in total. The number of nitrogens with one attached hydrogen (secondary N) is 2. The van der Waals surface area contributed by atoms with Gasteiger partial charge in [0, 0.05) is 23.6 Å². The quantitative estimate of drug-likeness (QED) is 0.210. The fraction of sp³-hybridized carbons (Fsp3) is 0.625. The highest BCUT2D eigenvalue weighted by molar-refractivity contribution is 7.91. The van der Waals surface area contributed by atoms with Gasteiger partial charge in [0.05, 0.1) is 47.3 Å². The number of benzene rings is 1. The fourth-order valence-electron chi connectivity index (χ4n) is 9.00. The number of carbonyl (C=O) groups excluding carboxylic acids is 4. The summed E-state index contributed by atoms with van der Waals surface area (Å²) in [6, 6.07) is 4.65. The topological polar surface area (TPSA) is 161 Å². The van der Waals surface area contributed by atoms with Crippen LogP contribution in [-0.4, -0.2) is 88.4 Å². The van der Waals surface area contributed by atoms with E-state index in [9.17, 15) is 45.2 Å². The number of hydrogen-bond acceptors (Lipinski definition) is 9. The molecule has 2 aromatic rings. The lowest BCUT2D eigenvalue weighted by atomic mass is 9.84. The number of ether oxygens (including phenoxy) is 2. The number of carbonyl (C=O) groups is 4. The van der Waals surface area contributed by atoms with Crippen molar-refractivity contribution in [2.24, 2.45) is 11.8 Å². The number of para-hydroxylation sites is 1. The Kier molecular flexibility index (Phi) is 9.67. The maximum absolute atomic E-state index is 16.6. The highest BCUT2D eigenvalue weighted by Crippen LogP contribution is 2.55. The number of aryl methyl sites for hydroxylation is 1. The first-order chi connectivity index (χ1) is 27.5. The molecule has 1 saturated heterocycles. The first kappa shape index (κ1) is 41.3. The van der Waals surface area contributed by atoms with Crippen molar-refractivity contribution in [3.8, 4) is 5.75 Å². The molecule has 0 bridgehead atoms. The molecule has 1 spiro atoms. The smallest absolute Gasteiger partial charge is 0.346 e. The molecule has 0 radical (unpaired) electrons. The van der Waals surface area contributed by atoms with Crippen molar-refractivity contribution in [2.75, 3.05) is 6.54 Å². The largest absolute Gasteiger partial charge is 0.483 e. The third-order valence-corrected chi connectivity index (χ3v) is 15.1. The van der Waals surface area contributed by atoms with Gasteiger partial charge in [-0.3, -0.25) is 23.9 Å². The summed E-state index contributed by atoms with van der Waals surface area (Å²) in [4.78, 5) is 61.6. The molecule has 4 fully saturated rings. The Bertz CT molecular complexity index is 2270. The van der Waals surface area contributed by atoms with E-state index in [0.29, 0.717) is 44.0 Å². The Morgan fingerprint density at radius 1 is 1.03 bits per heavy atom. The molecule has 8 rings (SSSR count). The van der Waals surface area contributed by atoms with Crippen LogP contribution in [0.1, 0.15) is 95.2 Å². The van der Waals surface area contributed by atoms with E-state index in [1.807, 2.05) is 0 Å². The maximum Gasteiger partial charge on any atom is 0.346 e. The van der Waals surface area contributed by atoms with Crippen LogP contribution < -0.4 is 14.8 Å². The molecule has 1 aromatic heterocycles. The monoisotopic (exact) mass is 854 g/mol. The van der Waals surface area contributed by atoms with E-state index >= 15 is 8.78 Å². The Hall–Kier alpha value is -4.42. The zero-order valence-electron chi connectivity index (χ0n) is 32.3. The Labute approximate surface area is 335 Å². The number of alkyl halides is 6. The van der Waals surface area contributed by atoms with Crippen LogP contribution in [0.25, 0.3) is 10.9 Å². The van der Waals surface area contributed by atoms with E-state index in [0.717, 1.165) is 4.90 Å². The molecule has 3 amide bonds. The van der Waals surface area contributed by atoms with Crippen molar-refractivity contribution in [1.82, 2.24) is 19.9 Å².